The topological polar surface area (TPSA) is 9.23 Å². The molecule has 2 atom stereocenters. The first-order valence-electron chi connectivity index (χ1n) is 5.59. The van der Waals surface area contributed by atoms with Gasteiger partial charge in [-0.15, -0.1) is 0 Å². The van der Waals surface area contributed by atoms with Gasteiger partial charge in [0.05, 0.1) is 6.10 Å². The molecule has 0 unspecified atom stereocenters. The maximum absolute atomic E-state index is 5.75. The average Bonchev–Trinajstić information content (AvgIpc) is 2.66. The van der Waals surface area contributed by atoms with E-state index in [-0.39, 0.29) is 6.10 Å². The summed E-state index contributed by atoms with van der Waals surface area (Å²) in [6.45, 7) is 5.14. The van der Waals surface area contributed by atoms with E-state index in [1.54, 1.807) is 0 Å². The van der Waals surface area contributed by atoms with E-state index in [1.807, 2.05) is 0 Å². The van der Waals surface area contributed by atoms with Crippen molar-refractivity contribution in [1.82, 2.24) is 0 Å². The lowest BCUT2D eigenvalue weighted by atomic mass is 9.92. The first-order chi connectivity index (χ1) is 7.27. The molecule has 1 fully saturated rings. The smallest absolute Gasteiger partial charge is 0.0827 e. The van der Waals surface area contributed by atoms with Gasteiger partial charge in [-0.25, -0.2) is 0 Å². The Labute approximate surface area is 91.8 Å². The standard InChI is InChI=1S/C14H18O/c1-11(2)10-14-13(8-9-15-14)12-6-4-3-5-7-12/h3-7,10,13-14H,8-9H2,1-2H3/t13-,14-/m1/s1. The van der Waals surface area contributed by atoms with Crippen molar-refractivity contribution in [3.8, 4) is 0 Å². The summed E-state index contributed by atoms with van der Waals surface area (Å²) in [5.41, 5.74) is 2.74. The van der Waals surface area contributed by atoms with Crippen LogP contribution in [-0.4, -0.2) is 12.7 Å². The fraction of sp³-hybridized carbons (Fsp3) is 0.429. The molecule has 1 heteroatoms. The van der Waals surface area contributed by atoms with Crippen LogP contribution in [0.4, 0.5) is 0 Å². The highest BCUT2D eigenvalue weighted by molar-refractivity contribution is 5.24. The minimum absolute atomic E-state index is 0.275. The van der Waals surface area contributed by atoms with E-state index >= 15 is 0 Å². The van der Waals surface area contributed by atoms with Gasteiger partial charge in [-0.05, 0) is 25.8 Å². The second-order valence-electron chi connectivity index (χ2n) is 4.39. The lowest BCUT2D eigenvalue weighted by Gasteiger charge is -2.15. The number of benzene rings is 1. The number of hydrogen-bond donors (Lipinski definition) is 0. The minimum atomic E-state index is 0.275. The molecule has 0 aliphatic carbocycles. The average molecular weight is 202 g/mol. The summed E-state index contributed by atoms with van der Waals surface area (Å²) in [6, 6.07) is 10.7. The van der Waals surface area contributed by atoms with Gasteiger partial charge in [-0.3, -0.25) is 0 Å². The van der Waals surface area contributed by atoms with Crippen LogP contribution in [0, 0.1) is 0 Å². The zero-order valence-corrected chi connectivity index (χ0v) is 9.44. The molecule has 0 bridgehead atoms. The summed E-state index contributed by atoms with van der Waals surface area (Å²) in [6.07, 6.45) is 3.65. The Morgan fingerprint density at radius 3 is 2.67 bits per heavy atom. The molecule has 2 rings (SSSR count). The maximum atomic E-state index is 5.75. The van der Waals surface area contributed by atoms with Gasteiger partial charge in [0.25, 0.3) is 0 Å². The van der Waals surface area contributed by atoms with Crippen molar-refractivity contribution >= 4 is 0 Å². The molecule has 1 aliphatic heterocycles. The number of allylic oxidation sites excluding steroid dienone is 1. The predicted octanol–water partition coefficient (Wildman–Crippen LogP) is 3.53. The third kappa shape index (κ3) is 2.48. The summed E-state index contributed by atoms with van der Waals surface area (Å²) in [5, 5.41) is 0. The molecule has 0 radical (unpaired) electrons. The van der Waals surface area contributed by atoms with E-state index in [1.165, 1.54) is 11.1 Å². The van der Waals surface area contributed by atoms with E-state index < -0.39 is 0 Å². The van der Waals surface area contributed by atoms with E-state index in [9.17, 15) is 0 Å². The first-order valence-corrected chi connectivity index (χ1v) is 5.59. The fourth-order valence-electron chi connectivity index (χ4n) is 2.16. The highest BCUT2D eigenvalue weighted by Gasteiger charge is 2.27. The summed E-state index contributed by atoms with van der Waals surface area (Å²) < 4.78 is 5.75. The Kier molecular flexibility index (Phi) is 3.22. The summed E-state index contributed by atoms with van der Waals surface area (Å²) >= 11 is 0. The van der Waals surface area contributed by atoms with Gasteiger partial charge < -0.3 is 4.74 Å². The minimum Gasteiger partial charge on any atom is -0.373 e. The van der Waals surface area contributed by atoms with Crippen molar-refractivity contribution in [1.29, 1.82) is 0 Å². The Hall–Kier alpha value is -1.08. The Bertz CT molecular complexity index is 336. The molecule has 0 N–H and O–H groups in total. The van der Waals surface area contributed by atoms with Gasteiger partial charge in [-0.2, -0.15) is 0 Å². The van der Waals surface area contributed by atoms with Crippen molar-refractivity contribution in [3.05, 3.63) is 47.5 Å². The van der Waals surface area contributed by atoms with Crippen LogP contribution in [0.2, 0.25) is 0 Å². The molecule has 1 aliphatic rings. The quantitative estimate of drug-likeness (QED) is 0.667. The molecule has 80 valence electrons. The zero-order chi connectivity index (χ0) is 10.7. The predicted molar refractivity (Wildman–Crippen MR) is 63.0 cm³/mol. The van der Waals surface area contributed by atoms with Crippen molar-refractivity contribution < 1.29 is 4.74 Å². The normalized spacial score (nSPS) is 25.2. The molecule has 0 saturated carbocycles. The number of hydrogen-bond acceptors (Lipinski definition) is 1. The van der Waals surface area contributed by atoms with Gasteiger partial charge in [0, 0.05) is 12.5 Å². The van der Waals surface area contributed by atoms with Crippen molar-refractivity contribution in [3.63, 3.8) is 0 Å². The number of ether oxygens (including phenoxy) is 1. The van der Waals surface area contributed by atoms with E-state index in [4.69, 9.17) is 4.74 Å². The molecule has 15 heavy (non-hydrogen) atoms. The highest BCUT2D eigenvalue weighted by atomic mass is 16.5. The Morgan fingerprint density at radius 1 is 1.27 bits per heavy atom. The molecule has 1 heterocycles. The van der Waals surface area contributed by atoms with Crippen molar-refractivity contribution in [2.24, 2.45) is 0 Å². The van der Waals surface area contributed by atoms with Gasteiger partial charge in [0.1, 0.15) is 0 Å². The Balaban J connectivity index is 2.19. The summed E-state index contributed by atoms with van der Waals surface area (Å²) in [5.74, 6) is 0.543. The van der Waals surface area contributed by atoms with E-state index in [2.05, 4.69) is 50.3 Å². The van der Waals surface area contributed by atoms with Gasteiger partial charge in [0.2, 0.25) is 0 Å². The van der Waals surface area contributed by atoms with Crippen LogP contribution in [-0.2, 0) is 4.74 Å². The fourth-order valence-corrected chi connectivity index (χ4v) is 2.16. The molecular weight excluding hydrogens is 184 g/mol. The molecule has 0 spiro atoms. The van der Waals surface area contributed by atoms with Crippen LogP contribution in [0.5, 0.6) is 0 Å². The van der Waals surface area contributed by atoms with Crippen LogP contribution in [0.15, 0.2) is 42.0 Å². The van der Waals surface area contributed by atoms with Crippen molar-refractivity contribution in [2.45, 2.75) is 32.3 Å². The van der Waals surface area contributed by atoms with Crippen LogP contribution in [0.3, 0.4) is 0 Å². The highest BCUT2D eigenvalue weighted by Crippen LogP contribution is 2.32. The first kappa shape index (κ1) is 10.4. The lowest BCUT2D eigenvalue weighted by molar-refractivity contribution is 0.138. The van der Waals surface area contributed by atoms with Crippen LogP contribution in [0.1, 0.15) is 31.7 Å². The molecule has 1 saturated heterocycles. The van der Waals surface area contributed by atoms with Crippen LogP contribution < -0.4 is 0 Å². The maximum Gasteiger partial charge on any atom is 0.0827 e. The van der Waals surface area contributed by atoms with Crippen molar-refractivity contribution in [2.75, 3.05) is 6.61 Å². The van der Waals surface area contributed by atoms with E-state index in [0.29, 0.717) is 5.92 Å². The third-order valence-electron chi connectivity index (χ3n) is 2.86. The monoisotopic (exact) mass is 202 g/mol. The molecule has 0 amide bonds. The van der Waals surface area contributed by atoms with Crippen LogP contribution in [0.25, 0.3) is 0 Å². The molecule has 1 aromatic rings. The van der Waals surface area contributed by atoms with Gasteiger partial charge in [-0.1, -0.05) is 42.0 Å². The molecule has 1 aromatic carbocycles. The third-order valence-corrected chi connectivity index (χ3v) is 2.86. The molecular formula is C14H18O. The molecule has 0 aromatic heterocycles. The summed E-state index contributed by atoms with van der Waals surface area (Å²) in [7, 11) is 0. The van der Waals surface area contributed by atoms with Crippen LogP contribution >= 0.6 is 0 Å². The SMILES string of the molecule is CC(C)=C[C@H]1OCC[C@@H]1c1ccccc1. The second kappa shape index (κ2) is 4.63. The largest absolute Gasteiger partial charge is 0.373 e. The van der Waals surface area contributed by atoms with Gasteiger partial charge >= 0.3 is 0 Å². The summed E-state index contributed by atoms with van der Waals surface area (Å²) in [4.78, 5) is 0. The van der Waals surface area contributed by atoms with Gasteiger partial charge in [0.15, 0.2) is 0 Å². The molecule has 1 nitrogen and oxygen atoms in total. The zero-order valence-electron chi connectivity index (χ0n) is 9.44. The Morgan fingerprint density at radius 2 is 2.00 bits per heavy atom. The lowest BCUT2D eigenvalue weighted by Crippen LogP contribution is -2.11. The number of rotatable bonds is 2. The van der Waals surface area contributed by atoms with E-state index in [0.717, 1.165) is 13.0 Å². The second-order valence-corrected chi connectivity index (χ2v) is 4.39.